The third kappa shape index (κ3) is 2.67. The van der Waals surface area contributed by atoms with Crippen molar-refractivity contribution in [3.8, 4) is 0 Å². The van der Waals surface area contributed by atoms with Crippen LogP contribution in [0.5, 0.6) is 0 Å². The fourth-order valence-electron chi connectivity index (χ4n) is 2.33. The molecule has 7 nitrogen and oxygen atoms in total. The van der Waals surface area contributed by atoms with Crippen molar-refractivity contribution in [3.05, 3.63) is 16.8 Å². The van der Waals surface area contributed by atoms with Crippen molar-refractivity contribution in [1.82, 2.24) is 10.2 Å². The smallest absolute Gasteiger partial charge is 0.174 e. The molecule has 1 unspecified atom stereocenters. The largest absolute Gasteiger partial charge is 0.409 e. The normalized spacial score (nSPS) is 20.2. The Balaban J connectivity index is 2.43. The summed E-state index contributed by atoms with van der Waals surface area (Å²) in [5.74, 6) is 0.722. The van der Waals surface area contributed by atoms with Crippen LogP contribution in [0.15, 0.2) is 5.16 Å². The number of nitrogens with zero attached hydrogens (tertiary/aromatic N) is 4. The Labute approximate surface area is 118 Å². The minimum atomic E-state index is 0.0649. The second kappa shape index (κ2) is 6.04. The van der Waals surface area contributed by atoms with Gasteiger partial charge in [-0.25, -0.2) is 0 Å². The first-order valence-corrected chi connectivity index (χ1v) is 6.76. The molecule has 1 aromatic rings. The van der Waals surface area contributed by atoms with Crippen LogP contribution in [0, 0.1) is 13.8 Å². The number of aromatic nitrogens is 2. The number of ether oxygens (including phenoxy) is 1. The summed E-state index contributed by atoms with van der Waals surface area (Å²) in [7, 11) is 0. The van der Waals surface area contributed by atoms with Gasteiger partial charge in [0.25, 0.3) is 0 Å². The lowest BCUT2D eigenvalue weighted by molar-refractivity contribution is 0.0381. The second-order valence-corrected chi connectivity index (χ2v) is 4.94. The van der Waals surface area contributed by atoms with E-state index >= 15 is 0 Å². The Kier molecular flexibility index (Phi) is 4.39. The summed E-state index contributed by atoms with van der Waals surface area (Å²) >= 11 is 0. The van der Waals surface area contributed by atoms with Gasteiger partial charge in [-0.05, 0) is 25.8 Å². The molecule has 0 saturated carbocycles. The average molecular weight is 279 g/mol. The summed E-state index contributed by atoms with van der Waals surface area (Å²) in [6.07, 6.45) is 1.11. The van der Waals surface area contributed by atoms with E-state index in [0.717, 1.165) is 30.8 Å². The molecule has 0 bridgehead atoms. The Morgan fingerprint density at radius 2 is 2.25 bits per heavy atom. The van der Waals surface area contributed by atoms with Crippen molar-refractivity contribution in [2.24, 2.45) is 10.9 Å². The maximum Gasteiger partial charge on any atom is 0.174 e. The molecule has 1 saturated heterocycles. The summed E-state index contributed by atoms with van der Waals surface area (Å²) in [5.41, 5.74) is 8.12. The van der Waals surface area contributed by atoms with Crippen molar-refractivity contribution in [1.29, 1.82) is 0 Å². The number of hydrogen-bond donors (Lipinski definition) is 2. The van der Waals surface area contributed by atoms with Crippen LogP contribution in [0.25, 0.3) is 0 Å². The highest BCUT2D eigenvalue weighted by Crippen LogP contribution is 2.24. The number of amidine groups is 1. The average Bonchev–Trinajstić information content (AvgIpc) is 2.49. The van der Waals surface area contributed by atoms with Crippen LogP contribution in [-0.4, -0.2) is 47.0 Å². The van der Waals surface area contributed by atoms with Gasteiger partial charge in [-0.2, -0.15) is 5.10 Å². The van der Waals surface area contributed by atoms with Gasteiger partial charge in [-0.15, -0.1) is 5.10 Å². The molecule has 0 aromatic carbocycles. The molecule has 2 heterocycles. The lowest BCUT2D eigenvalue weighted by atomic mass is 10.1. The number of nitrogens with two attached hydrogens (primary N) is 1. The number of aryl methyl sites for hydroxylation is 1. The van der Waals surface area contributed by atoms with E-state index in [-0.39, 0.29) is 11.9 Å². The van der Waals surface area contributed by atoms with Gasteiger partial charge >= 0.3 is 0 Å². The minimum Gasteiger partial charge on any atom is -0.409 e. The Morgan fingerprint density at radius 3 is 2.90 bits per heavy atom. The molecule has 3 N–H and O–H groups in total. The van der Waals surface area contributed by atoms with E-state index < -0.39 is 0 Å². The van der Waals surface area contributed by atoms with E-state index in [1.165, 1.54) is 0 Å². The van der Waals surface area contributed by atoms with Crippen molar-refractivity contribution >= 4 is 11.7 Å². The van der Waals surface area contributed by atoms with E-state index in [9.17, 15) is 0 Å². The van der Waals surface area contributed by atoms with Crippen LogP contribution in [0.4, 0.5) is 5.82 Å². The van der Waals surface area contributed by atoms with Crippen LogP contribution in [0.2, 0.25) is 0 Å². The van der Waals surface area contributed by atoms with Crippen LogP contribution in [0.3, 0.4) is 0 Å². The standard InChI is InChI=1S/C13H21N5O2/c1-4-10-7-18(5-6-20-10)13-11(12(14)17-19)8(2)9(3)15-16-13/h10,19H,4-7H2,1-3H3,(H2,14,17). The molecular weight excluding hydrogens is 258 g/mol. The first kappa shape index (κ1) is 14.5. The fourth-order valence-corrected chi connectivity index (χ4v) is 2.33. The van der Waals surface area contributed by atoms with E-state index in [0.29, 0.717) is 18.0 Å². The van der Waals surface area contributed by atoms with Crippen LogP contribution in [-0.2, 0) is 4.74 Å². The molecule has 1 aromatic heterocycles. The molecule has 1 fully saturated rings. The Morgan fingerprint density at radius 1 is 1.50 bits per heavy atom. The Bertz CT molecular complexity index is 518. The fraction of sp³-hybridized carbons (Fsp3) is 0.615. The maximum absolute atomic E-state index is 9.00. The summed E-state index contributed by atoms with van der Waals surface area (Å²) in [4.78, 5) is 2.09. The summed E-state index contributed by atoms with van der Waals surface area (Å²) < 4.78 is 5.66. The van der Waals surface area contributed by atoms with Gasteiger partial charge in [0.15, 0.2) is 11.7 Å². The van der Waals surface area contributed by atoms with Gasteiger partial charge in [0.05, 0.1) is 24.0 Å². The Hall–Kier alpha value is -1.89. The predicted octanol–water partition coefficient (Wildman–Crippen LogP) is 0.803. The molecule has 0 aliphatic carbocycles. The van der Waals surface area contributed by atoms with Crippen LogP contribution >= 0.6 is 0 Å². The molecule has 1 aliphatic heterocycles. The molecular formula is C13H21N5O2. The van der Waals surface area contributed by atoms with Gasteiger partial charge in [0.1, 0.15) is 0 Å². The number of anilines is 1. The SMILES string of the molecule is CCC1CN(c2nnc(C)c(C)c2/C(N)=N/O)CCO1. The molecule has 1 atom stereocenters. The zero-order valence-electron chi connectivity index (χ0n) is 12.1. The van der Waals surface area contributed by atoms with E-state index in [2.05, 4.69) is 27.2 Å². The first-order valence-electron chi connectivity index (χ1n) is 6.76. The highest BCUT2D eigenvalue weighted by molar-refractivity contribution is 6.02. The highest BCUT2D eigenvalue weighted by Gasteiger charge is 2.25. The molecule has 20 heavy (non-hydrogen) atoms. The third-order valence-electron chi connectivity index (χ3n) is 3.69. The topological polar surface area (TPSA) is 96.9 Å². The zero-order valence-corrected chi connectivity index (χ0v) is 12.1. The van der Waals surface area contributed by atoms with Crippen molar-refractivity contribution < 1.29 is 9.94 Å². The predicted molar refractivity (Wildman–Crippen MR) is 76.3 cm³/mol. The summed E-state index contributed by atoms with van der Waals surface area (Å²) in [5, 5.41) is 20.5. The van der Waals surface area contributed by atoms with Gasteiger partial charge < -0.3 is 20.6 Å². The number of morpholine rings is 1. The summed E-state index contributed by atoms with van der Waals surface area (Å²) in [6.45, 7) is 7.94. The second-order valence-electron chi connectivity index (χ2n) is 4.94. The molecule has 0 radical (unpaired) electrons. The highest BCUT2D eigenvalue weighted by atomic mass is 16.5. The van der Waals surface area contributed by atoms with Crippen molar-refractivity contribution in [3.63, 3.8) is 0 Å². The number of oxime groups is 1. The lowest BCUT2D eigenvalue weighted by Gasteiger charge is -2.34. The molecule has 0 amide bonds. The van der Waals surface area contributed by atoms with Gasteiger partial charge in [0.2, 0.25) is 0 Å². The van der Waals surface area contributed by atoms with E-state index in [1.807, 2.05) is 13.8 Å². The molecule has 7 heteroatoms. The third-order valence-corrected chi connectivity index (χ3v) is 3.69. The van der Waals surface area contributed by atoms with Gasteiger partial charge in [0, 0.05) is 13.1 Å². The molecule has 0 spiro atoms. The minimum absolute atomic E-state index is 0.0649. The summed E-state index contributed by atoms with van der Waals surface area (Å²) in [6, 6.07) is 0. The van der Waals surface area contributed by atoms with Crippen LogP contribution < -0.4 is 10.6 Å². The number of rotatable bonds is 3. The van der Waals surface area contributed by atoms with E-state index in [1.54, 1.807) is 0 Å². The molecule has 1 aliphatic rings. The van der Waals surface area contributed by atoms with Gasteiger partial charge in [-0.3, -0.25) is 0 Å². The van der Waals surface area contributed by atoms with Crippen molar-refractivity contribution in [2.75, 3.05) is 24.6 Å². The van der Waals surface area contributed by atoms with Crippen molar-refractivity contribution in [2.45, 2.75) is 33.3 Å². The first-order chi connectivity index (χ1) is 9.58. The maximum atomic E-state index is 9.00. The number of hydrogen-bond acceptors (Lipinski definition) is 6. The van der Waals surface area contributed by atoms with Gasteiger partial charge in [-0.1, -0.05) is 12.1 Å². The molecule has 110 valence electrons. The quantitative estimate of drug-likeness (QED) is 0.368. The van der Waals surface area contributed by atoms with Crippen LogP contribution in [0.1, 0.15) is 30.2 Å². The lowest BCUT2D eigenvalue weighted by Crippen LogP contribution is -2.43. The zero-order chi connectivity index (χ0) is 14.7. The molecule has 2 rings (SSSR count). The van der Waals surface area contributed by atoms with E-state index in [4.69, 9.17) is 15.7 Å². The monoisotopic (exact) mass is 279 g/mol.